The lowest BCUT2D eigenvalue weighted by atomic mass is 10.0. The van der Waals surface area contributed by atoms with Gasteiger partial charge in [0.2, 0.25) is 0 Å². The molecule has 0 aromatic carbocycles. The van der Waals surface area contributed by atoms with Crippen molar-refractivity contribution in [2.45, 2.75) is 46.6 Å². The first kappa shape index (κ1) is 16.8. The van der Waals surface area contributed by atoms with Gasteiger partial charge in [-0.25, -0.2) is 4.98 Å². The summed E-state index contributed by atoms with van der Waals surface area (Å²) in [6.45, 7) is 9.08. The maximum atomic E-state index is 12.2. The molecule has 5 heteroatoms. The van der Waals surface area contributed by atoms with Crippen LogP contribution in [0, 0.1) is 5.92 Å². The van der Waals surface area contributed by atoms with Gasteiger partial charge in [0.1, 0.15) is 11.5 Å². The number of carbonyl (C=O) groups excluding carboxylic acids is 1. The van der Waals surface area contributed by atoms with Gasteiger partial charge in [-0.15, -0.1) is 0 Å². The van der Waals surface area contributed by atoms with Gasteiger partial charge in [0, 0.05) is 12.6 Å². The Morgan fingerprint density at radius 3 is 2.60 bits per heavy atom. The number of halogens is 1. The molecule has 1 aromatic heterocycles. The lowest BCUT2D eigenvalue weighted by Gasteiger charge is -2.15. The van der Waals surface area contributed by atoms with E-state index in [-0.39, 0.29) is 17.6 Å². The summed E-state index contributed by atoms with van der Waals surface area (Å²) in [6, 6.07) is 3.58. The number of nitrogens with one attached hydrogen (secondary N) is 2. The van der Waals surface area contributed by atoms with Gasteiger partial charge in [-0.1, -0.05) is 25.4 Å². The van der Waals surface area contributed by atoms with Crippen molar-refractivity contribution in [2.75, 3.05) is 11.9 Å². The van der Waals surface area contributed by atoms with E-state index in [0.29, 0.717) is 16.8 Å². The lowest BCUT2D eigenvalue weighted by Crippen LogP contribution is -2.33. The molecule has 1 heterocycles. The van der Waals surface area contributed by atoms with Gasteiger partial charge in [0.15, 0.2) is 0 Å². The summed E-state index contributed by atoms with van der Waals surface area (Å²) in [6.07, 6.45) is 2.04. The molecule has 2 N–H and O–H groups in total. The topological polar surface area (TPSA) is 54.0 Å². The first-order valence-corrected chi connectivity index (χ1v) is 7.53. The Morgan fingerprint density at radius 2 is 2.00 bits per heavy atom. The minimum atomic E-state index is -0.217. The Hall–Kier alpha value is -1.29. The van der Waals surface area contributed by atoms with Crippen LogP contribution >= 0.6 is 11.6 Å². The van der Waals surface area contributed by atoms with Crippen LogP contribution < -0.4 is 10.6 Å². The maximum absolute atomic E-state index is 12.2. The zero-order valence-corrected chi connectivity index (χ0v) is 13.4. The van der Waals surface area contributed by atoms with Crippen LogP contribution in [0.25, 0.3) is 0 Å². The monoisotopic (exact) mass is 297 g/mol. The second kappa shape index (κ2) is 8.10. The van der Waals surface area contributed by atoms with Gasteiger partial charge in [-0.05, 0) is 44.7 Å². The van der Waals surface area contributed by atoms with Crippen LogP contribution in [0.3, 0.4) is 0 Å². The third kappa shape index (κ3) is 5.37. The van der Waals surface area contributed by atoms with Crippen molar-refractivity contribution in [1.82, 2.24) is 10.3 Å². The highest BCUT2D eigenvalue weighted by atomic mass is 35.5. The average molecular weight is 298 g/mol. The van der Waals surface area contributed by atoms with E-state index in [1.54, 1.807) is 12.1 Å². The Balaban J connectivity index is 2.68. The normalized spacial score (nSPS) is 12.3. The van der Waals surface area contributed by atoms with Gasteiger partial charge in [-0.2, -0.15) is 0 Å². The highest BCUT2D eigenvalue weighted by Crippen LogP contribution is 2.17. The van der Waals surface area contributed by atoms with E-state index >= 15 is 0 Å². The van der Waals surface area contributed by atoms with Crippen molar-refractivity contribution in [2.24, 2.45) is 5.92 Å². The molecule has 1 atom stereocenters. The molecule has 112 valence electrons. The predicted octanol–water partition coefficient (Wildman–Crippen LogP) is 3.72. The molecule has 0 spiro atoms. The van der Waals surface area contributed by atoms with Crippen molar-refractivity contribution >= 4 is 23.3 Å². The summed E-state index contributed by atoms with van der Waals surface area (Å²) in [7, 11) is 0. The number of rotatable bonds is 7. The summed E-state index contributed by atoms with van der Waals surface area (Å²) < 4.78 is 0. The minimum Gasteiger partial charge on any atom is -0.370 e. The molecule has 0 saturated carbocycles. The van der Waals surface area contributed by atoms with Gasteiger partial charge in [-0.3, -0.25) is 4.79 Å². The summed E-state index contributed by atoms with van der Waals surface area (Å²) in [4.78, 5) is 16.4. The van der Waals surface area contributed by atoms with E-state index in [1.165, 1.54) is 0 Å². The number of carbonyl (C=O) groups is 1. The van der Waals surface area contributed by atoms with Gasteiger partial charge in [0.25, 0.3) is 5.91 Å². The molecule has 0 radical (unpaired) electrons. The van der Waals surface area contributed by atoms with Crippen molar-refractivity contribution < 1.29 is 4.79 Å². The predicted molar refractivity (Wildman–Crippen MR) is 84.4 cm³/mol. The summed E-state index contributed by atoms with van der Waals surface area (Å²) in [5.74, 6) is 1.08. The van der Waals surface area contributed by atoms with Gasteiger partial charge < -0.3 is 10.6 Å². The largest absolute Gasteiger partial charge is 0.370 e. The molecule has 1 rings (SSSR count). The molecule has 1 aromatic rings. The molecule has 0 fully saturated rings. The Kier molecular flexibility index (Phi) is 6.79. The van der Waals surface area contributed by atoms with E-state index in [1.807, 2.05) is 13.8 Å². The molecule has 0 bridgehead atoms. The highest BCUT2D eigenvalue weighted by molar-refractivity contribution is 6.33. The average Bonchev–Trinajstić information content (AvgIpc) is 2.38. The molecule has 0 aliphatic carbocycles. The molecule has 0 aliphatic heterocycles. The molecule has 20 heavy (non-hydrogen) atoms. The Bertz CT molecular complexity index is 449. The van der Waals surface area contributed by atoms with Crippen LogP contribution in [0.4, 0.5) is 5.82 Å². The Morgan fingerprint density at radius 1 is 1.30 bits per heavy atom. The fraction of sp³-hybridized carbons (Fsp3) is 0.600. The quantitative estimate of drug-likeness (QED) is 0.806. The molecule has 0 aliphatic rings. The lowest BCUT2D eigenvalue weighted by molar-refractivity contribution is 0.0932. The second-order valence-corrected chi connectivity index (χ2v) is 5.81. The van der Waals surface area contributed by atoms with Crippen LogP contribution in [0.15, 0.2) is 12.1 Å². The van der Waals surface area contributed by atoms with Crippen molar-refractivity contribution in [1.29, 1.82) is 0 Å². The standard InChI is InChI=1S/C15H24ClN3O/c1-5-17-13-9-8-12(16)14(19-13)15(20)18-11(4)7-6-10(2)3/h8-11H,5-7H2,1-4H3,(H,17,19)(H,18,20). The molecule has 1 amide bonds. The molecule has 0 saturated heterocycles. The van der Waals surface area contributed by atoms with Crippen LogP contribution in [0.5, 0.6) is 0 Å². The fourth-order valence-electron chi connectivity index (χ4n) is 1.83. The number of hydrogen-bond donors (Lipinski definition) is 2. The third-order valence-corrected chi connectivity index (χ3v) is 3.28. The van der Waals surface area contributed by atoms with E-state index in [9.17, 15) is 4.79 Å². The van der Waals surface area contributed by atoms with Crippen molar-refractivity contribution in [3.8, 4) is 0 Å². The molecular formula is C15H24ClN3O. The fourth-order valence-corrected chi connectivity index (χ4v) is 2.02. The Labute approximate surface area is 126 Å². The van der Waals surface area contributed by atoms with Crippen molar-refractivity contribution in [3.63, 3.8) is 0 Å². The third-order valence-electron chi connectivity index (χ3n) is 2.97. The zero-order valence-electron chi connectivity index (χ0n) is 12.7. The second-order valence-electron chi connectivity index (χ2n) is 5.40. The van der Waals surface area contributed by atoms with Crippen LogP contribution in [-0.2, 0) is 0 Å². The highest BCUT2D eigenvalue weighted by Gasteiger charge is 2.15. The van der Waals surface area contributed by atoms with Crippen LogP contribution in [0.1, 0.15) is 51.0 Å². The summed E-state index contributed by atoms with van der Waals surface area (Å²) in [5, 5.41) is 6.40. The maximum Gasteiger partial charge on any atom is 0.271 e. The number of aromatic nitrogens is 1. The van der Waals surface area contributed by atoms with E-state index in [4.69, 9.17) is 11.6 Å². The van der Waals surface area contributed by atoms with Crippen molar-refractivity contribution in [3.05, 3.63) is 22.8 Å². The van der Waals surface area contributed by atoms with E-state index in [2.05, 4.69) is 29.5 Å². The minimum absolute atomic E-state index is 0.116. The summed E-state index contributed by atoms with van der Waals surface area (Å²) in [5.41, 5.74) is 0.279. The number of anilines is 1. The number of hydrogen-bond acceptors (Lipinski definition) is 3. The SMILES string of the molecule is CCNc1ccc(Cl)c(C(=O)NC(C)CCC(C)C)n1. The van der Waals surface area contributed by atoms with E-state index < -0.39 is 0 Å². The van der Waals surface area contributed by atoms with Gasteiger partial charge >= 0.3 is 0 Å². The number of pyridine rings is 1. The van der Waals surface area contributed by atoms with Crippen LogP contribution in [-0.4, -0.2) is 23.5 Å². The first-order chi connectivity index (χ1) is 9.43. The summed E-state index contributed by atoms with van der Waals surface area (Å²) >= 11 is 6.05. The number of nitrogens with zero attached hydrogens (tertiary/aromatic N) is 1. The zero-order chi connectivity index (χ0) is 15.1. The smallest absolute Gasteiger partial charge is 0.271 e. The van der Waals surface area contributed by atoms with Gasteiger partial charge in [0.05, 0.1) is 5.02 Å². The van der Waals surface area contributed by atoms with Crippen LogP contribution in [0.2, 0.25) is 5.02 Å². The molecule has 1 unspecified atom stereocenters. The van der Waals surface area contributed by atoms with E-state index in [0.717, 1.165) is 19.4 Å². The first-order valence-electron chi connectivity index (χ1n) is 7.15. The number of amides is 1. The molecule has 4 nitrogen and oxygen atoms in total. The molecular weight excluding hydrogens is 274 g/mol.